The van der Waals surface area contributed by atoms with Gasteiger partial charge in [0.05, 0.1) is 46.3 Å². The Kier molecular flexibility index (Phi) is 15.7. The number of nitrogens with two attached hydrogens (primary N) is 1. The molecule has 18 heteroatoms. The quantitative estimate of drug-likeness (QED) is 0.0273. The van der Waals surface area contributed by atoms with E-state index >= 15 is 0 Å². The minimum absolute atomic E-state index is 0.0369. The number of nitro benzene ring substituents is 1. The second kappa shape index (κ2) is 21.3. The Balaban J connectivity index is 1.22. The van der Waals surface area contributed by atoms with Crippen molar-refractivity contribution in [1.29, 1.82) is 0 Å². The number of anilines is 1. The largest absolute Gasteiger partial charge is 0.504 e. The standard InChI is InChI=1S/C48H46N4O14/c1-25(2)65-44-32(15-18-34(42(44)57)39(54)21-27-7-11-31(12-8-27)48(61)62)23-38(53)29-9-5-28(6-10-29)22-40(55)36(24-41(49)56)51-46(59)30-13-16-33(17-14-30)50-47(60)35-19-20-37(52(63)64)45(43(35)58)66-26(3)4/h5-20,25-26,36,57-58H,21-24H2,1-4H3,(H2,49,56)(H,50,60)(H,51,59)(H,61,62)/t36-/m0/s1. The molecule has 5 aromatic rings. The molecule has 0 aliphatic rings. The summed E-state index contributed by atoms with van der Waals surface area (Å²) < 4.78 is 11.3. The van der Waals surface area contributed by atoms with Gasteiger partial charge in [0, 0.05) is 47.7 Å². The molecule has 3 amide bonds. The lowest BCUT2D eigenvalue weighted by atomic mass is 9.95. The topological polar surface area (TPSA) is 292 Å². The van der Waals surface area contributed by atoms with E-state index in [1.54, 1.807) is 27.7 Å². The number of Topliss-reactive ketones (excluding diaryl/α,β-unsaturated/α-hetero) is 3. The normalized spacial score (nSPS) is 11.4. The molecular formula is C48H46N4O14. The summed E-state index contributed by atoms with van der Waals surface area (Å²) in [5, 5.41) is 47.5. The van der Waals surface area contributed by atoms with Crippen LogP contribution in [0.1, 0.15) is 103 Å². The average Bonchev–Trinajstić information content (AvgIpc) is 3.25. The van der Waals surface area contributed by atoms with Crippen LogP contribution in [-0.4, -0.2) is 79.5 Å². The van der Waals surface area contributed by atoms with Crippen LogP contribution >= 0.6 is 0 Å². The molecule has 0 heterocycles. The highest BCUT2D eigenvalue weighted by Gasteiger charge is 2.28. The Morgan fingerprint density at radius 2 is 1.17 bits per heavy atom. The summed E-state index contributed by atoms with van der Waals surface area (Å²) in [6, 6.07) is 20.9. The van der Waals surface area contributed by atoms with Crippen molar-refractivity contribution < 1.29 is 63.3 Å². The number of ether oxygens (including phenoxy) is 2. The molecule has 0 spiro atoms. The first-order valence-electron chi connectivity index (χ1n) is 20.4. The van der Waals surface area contributed by atoms with Gasteiger partial charge in [-0.3, -0.25) is 38.9 Å². The van der Waals surface area contributed by atoms with Crippen LogP contribution in [0, 0.1) is 10.1 Å². The molecule has 0 bridgehead atoms. The molecule has 0 saturated heterocycles. The number of carboxylic acid groups (broad SMARTS) is 1. The average molecular weight is 903 g/mol. The van der Waals surface area contributed by atoms with E-state index in [9.17, 15) is 53.9 Å². The smallest absolute Gasteiger partial charge is 0.335 e. The summed E-state index contributed by atoms with van der Waals surface area (Å²) >= 11 is 0. The van der Waals surface area contributed by atoms with Crippen LogP contribution in [0.25, 0.3) is 0 Å². The van der Waals surface area contributed by atoms with Crippen molar-refractivity contribution in [1.82, 2.24) is 5.32 Å². The van der Waals surface area contributed by atoms with Crippen molar-refractivity contribution in [3.05, 3.63) is 152 Å². The van der Waals surface area contributed by atoms with E-state index < -0.39 is 87.8 Å². The lowest BCUT2D eigenvalue weighted by Crippen LogP contribution is -2.44. The molecule has 5 aromatic carbocycles. The van der Waals surface area contributed by atoms with Gasteiger partial charge in [-0.1, -0.05) is 42.5 Å². The zero-order chi connectivity index (χ0) is 48.4. The lowest BCUT2D eigenvalue weighted by molar-refractivity contribution is -0.386. The number of nitrogens with zero attached hydrogens (tertiary/aromatic N) is 1. The number of nitro groups is 1. The summed E-state index contributed by atoms with van der Waals surface area (Å²) in [5.41, 5.74) is 6.36. The summed E-state index contributed by atoms with van der Waals surface area (Å²) in [4.78, 5) is 100. The second-order valence-electron chi connectivity index (χ2n) is 15.6. The van der Waals surface area contributed by atoms with Gasteiger partial charge in [-0.05, 0) is 87.4 Å². The minimum atomic E-state index is -1.33. The van der Waals surface area contributed by atoms with E-state index in [1.165, 1.54) is 84.9 Å². The Labute approximate surface area is 377 Å². The Hall–Kier alpha value is -8.41. The number of carbonyl (C=O) groups excluding carboxylic acids is 6. The maximum absolute atomic E-state index is 13.5. The van der Waals surface area contributed by atoms with E-state index in [2.05, 4.69) is 10.6 Å². The molecule has 0 unspecified atom stereocenters. The van der Waals surface area contributed by atoms with Gasteiger partial charge in [0.2, 0.25) is 11.7 Å². The number of phenols is 2. The van der Waals surface area contributed by atoms with Crippen LogP contribution in [0.2, 0.25) is 0 Å². The highest BCUT2D eigenvalue weighted by atomic mass is 16.6. The number of nitrogens with one attached hydrogen (secondary N) is 2. The SMILES string of the molecule is CC(C)Oc1c(CC(=O)c2ccc(CC(=O)[C@H](CC(N)=O)NC(=O)c3ccc(NC(=O)c4ccc([N+](=O)[O-])c(OC(C)C)c4O)cc3)cc2)ccc(C(=O)Cc2ccc(C(=O)O)cc2)c1O. The maximum atomic E-state index is 13.5. The van der Waals surface area contributed by atoms with Gasteiger partial charge in [0.25, 0.3) is 11.8 Å². The number of aromatic carboxylic acids is 1. The fourth-order valence-electron chi connectivity index (χ4n) is 6.63. The molecule has 342 valence electrons. The number of aromatic hydroxyl groups is 2. The fraction of sp³-hybridized carbons (Fsp3) is 0.229. The fourth-order valence-corrected chi connectivity index (χ4v) is 6.63. The predicted octanol–water partition coefficient (Wildman–Crippen LogP) is 6.17. The third-order valence-electron chi connectivity index (χ3n) is 9.85. The molecule has 7 N–H and O–H groups in total. The Morgan fingerprint density at radius 1 is 0.636 bits per heavy atom. The Bertz CT molecular complexity index is 2690. The molecule has 5 rings (SSSR count). The Morgan fingerprint density at radius 3 is 1.73 bits per heavy atom. The van der Waals surface area contributed by atoms with Crippen LogP contribution in [0.5, 0.6) is 23.0 Å². The molecular weight excluding hydrogens is 857 g/mol. The predicted molar refractivity (Wildman–Crippen MR) is 238 cm³/mol. The summed E-state index contributed by atoms with van der Waals surface area (Å²) in [6.07, 6.45) is -2.12. The number of hydrogen-bond donors (Lipinski definition) is 6. The van der Waals surface area contributed by atoms with Crippen molar-refractivity contribution in [2.45, 2.75) is 71.6 Å². The molecule has 1 atom stereocenters. The van der Waals surface area contributed by atoms with E-state index in [-0.39, 0.29) is 64.3 Å². The van der Waals surface area contributed by atoms with Gasteiger partial charge >= 0.3 is 11.7 Å². The van der Waals surface area contributed by atoms with Crippen LogP contribution in [-0.2, 0) is 28.9 Å². The summed E-state index contributed by atoms with van der Waals surface area (Å²) in [6.45, 7) is 6.61. The zero-order valence-corrected chi connectivity index (χ0v) is 36.2. The van der Waals surface area contributed by atoms with E-state index in [0.29, 0.717) is 16.7 Å². The number of ketones is 3. The van der Waals surface area contributed by atoms with Crippen LogP contribution in [0.4, 0.5) is 11.4 Å². The first-order chi connectivity index (χ1) is 31.2. The van der Waals surface area contributed by atoms with E-state index in [0.717, 1.165) is 12.1 Å². The highest BCUT2D eigenvalue weighted by Crippen LogP contribution is 2.40. The van der Waals surface area contributed by atoms with E-state index in [4.69, 9.17) is 20.3 Å². The molecule has 0 aliphatic heterocycles. The van der Waals surface area contributed by atoms with Crippen molar-refractivity contribution in [2.75, 3.05) is 5.32 Å². The molecule has 66 heavy (non-hydrogen) atoms. The number of carbonyl (C=O) groups is 7. The highest BCUT2D eigenvalue weighted by molar-refractivity contribution is 6.07. The van der Waals surface area contributed by atoms with Gasteiger partial charge < -0.3 is 41.2 Å². The van der Waals surface area contributed by atoms with Crippen molar-refractivity contribution in [3.8, 4) is 23.0 Å². The number of carboxylic acids is 1. The maximum Gasteiger partial charge on any atom is 0.335 e. The van der Waals surface area contributed by atoms with Gasteiger partial charge in [0.1, 0.15) is 0 Å². The molecule has 0 aromatic heterocycles. The number of benzene rings is 5. The van der Waals surface area contributed by atoms with Gasteiger partial charge in [-0.2, -0.15) is 0 Å². The van der Waals surface area contributed by atoms with Crippen LogP contribution in [0.15, 0.2) is 97.1 Å². The monoisotopic (exact) mass is 902 g/mol. The third-order valence-corrected chi connectivity index (χ3v) is 9.85. The first kappa shape index (κ1) is 48.6. The van der Waals surface area contributed by atoms with E-state index in [1.807, 2.05) is 0 Å². The number of phenolic OH excluding ortho intramolecular Hbond substituents is 2. The molecule has 0 aliphatic carbocycles. The molecule has 18 nitrogen and oxygen atoms in total. The molecule has 0 radical (unpaired) electrons. The van der Waals surface area contributed by atoms with Crippen LogP contribution in [0.3, 0.4) is 0 Å². The number of hydrogen-bond acceptors (Lipinski definition) is 13. The summed E-state index contributed by atoms with van der Waals surface area (Å²) in [7, 11) is 0. The lowest BCUT2D eigenvalue weighted by Gasteiger charge is -2.18. The zero-order valence-electron chi connectivity index (χ0n) is 36.2. The number of primary amides is 1. The van der Waals surface area contributed by atoms with Gasteiger partial charge in [-0.15, -0.1) is 0 Å². The molecule has 0 saturated carbocycles. The summed E-state index contributed by atoms with van der Waals surface area (Å²) in [5.74, 6) is -6.61. The van der Waals surface area contributed by atoms with Gasteiger partial charge in [-0.25, -0.2) is 4.79 Å². The first-order valence-corrected chi connectivity index (χ1v) is 20.4. The second-order valence-corrected chi connectivity index (χ2v) is 15.6. The minimum Gasteiger partial charge on any atom is -0.504 e. The van der Waals surface area contributed by atoms with Crippen molar-refractivity contribution in [3.63, 3.8) is 0 Å². The van der Waals surface area contributed by atoms with Crippen LogP contribution < -0.4 is 25.8 Å². The van der Waals surface area contributed by atoms with Gasteiger partial charge in [0.15, 0.2) is 34.6 Å². The van der Waals surface area contributed by atoms with Crippen molar-refractivity contribution in [2.24, 2.45) is 5.73 Å². The third kappa shape index (κ3) is 12.4. The van der Waals surface area contributed by atoms with Crippen molar-refractivity contribution >= 4 is 52.4 Å². The molecule has 0 fully saturated rings. The number of rotatable bonds is 21. The number of amides is 3.